The van der Waals surface area contributed by atoms with Crippen LogP contribution in [0.25, 0.3) is 10.6 Å². The van der Waals surface area contributed by atoms with Crippen molar-refractivity contribution in [1.29, 1.82) is 0 Å². The van der Waals surface area contributed by atoms with Gasteiger partial charge in [0, 0.05) is 30.9 Å². The number of hydrogen-bond acceptors (Lipinski definition) is 6. The second kappa shape index (κ2) is 9.18. The molecule has 3 aromatic heterocycles. The molecule has 6 nitrogen and oxygen atoms in total. The van der Waals surface area contributed by atoms with E-state index in [0.29, 0.717) is 28.4 Å². The number of thiophene rings is 1. The van der Waals surface area contributed by atoms with Crippen molar-refractivity contribution < 1.29 is 14.1 Å². The van der Waals surface area contributed by atoms with Crippen molar-refractivity contribution in [2.24, 2.45) is 0 Å². The van der Waals surface area contributed by atoms with Crippen LogP contribution < -0.4 is 0 Å². The molecule has 0 radical (unpaired) electrons. The molecule has 3 aromatic rings. The van der Waals surface area contributed by atoms with Crippen LogP contribution in [0.4, 0.5) is 0 Å². The molecule has 0 N–H and O–H groups in total. The van der Waals surface area contributed by atoms with Crippen molar-refractivity contribution in [2.45, 2.75) is 59.2 Å². The molecule has 0 spiro atoms. The maximum absolute atomic E-state index is 13.1. The van der Waals surface area contributed by atoms with Crippen molar-refractivity contribution in [3.63, 3.8) is 0 Å². The van der Waals surface area contributed by atoms with E-state index in [9.17, 15) is 4.79 Å². The van der Waals surface area contributed by atoms with Gasteiger partial charge in [0.05, 0.1) is 15.8 Å². The Kier molecular flexibility index (Phi) is 6.55. The third-order valence-corrected chi connectivity index (χ3v) is 7.11. The highest BCUT2D eigenvalue weighted by Gasteiger charge is 2.27. The zero-order chi connectivity index (χ0) is 22.1. The fourth-order valence-electron chi connectivity index (χ4n) is 4.15. The lowest BCUT2D eigenvalue weighted by Gasteiger charge is -2.34. The molecule has 0 bridgehead atoms. The molecule has 1 saturated heterocycles. The molecule has 0 amide bonds. The summed E-state index contributed by atoms with van der Waals surface area (Å²) in [4.78, 5) is 16.4. The van der Waals surface area contributed by atoms with E-state index in [0.717, 1.165) is 47.8 Å². The van der Waals surface area contributed by atoms with Crippen molar-refractivity contribution in [2.75, 3.05) is 13.1 Å². The minimum atomic E-state index is -0.262. The molecule has 31 heavy (non-hydrogen) atoms. The van der Waals surface area contributed by atoms with E-state index >= 15 is 0 Å². The van der Waals surface area contributed by atoms with Crippen LogP contribution in [-0.2, 0) is 11.3 Å². The Morgan fingerprint density at radius 3 is 2.68 bits per heavy atom. The summed E-state index contributed by atoms with van der Waals surface area (Å²) in [6, 6.07) is 8.18. The van der Waals surface area contributed by atoms with Crippen LogP contribution in [0.5, 0.6) is 0 Å². The van der Waals surface area contributed by atoms with Crippen LogP contribution in [0, 0.1) is 13.8 Å². The summed E-state index contributed by atoms with van der Waals surface area (Å²) < 4.78 is 14.1. The van der Waals surface area contributed by atoms with E-state index in [1.165, 1.54) is 11.3 Å². The van der Waals surface area contributed by atoms with Gasteiger partial charge in [-0.3, -0.25) is 0 Å². The molecular weight excluding hydrogens is 434 g/mol. The highest BCUT2D eigenvalue weighted by Crippen LogP contribution is 2.31. The predicted octanol–water partition coefficient (Wildman–Crippen LogP) is 5.55. The fraction of sp³-hybridized carbons (Fsp3) is 0.478. The molecule has 0 saturated carbocycles. The van der Waals surface area contributed by atoms with Crippen LogP contribution >= 0.6 is 22.9 Å². The first-order chi connectivity index (χ1) is 14.8. The van der Waals surface area contributed by atoms with Crippen molar-refractivity contribution >= 4 is 28.9 Å². The Morgan fingerprint density at radius 1 is 1.29 bits per heavy atom. The summed E-state index contributed by atoms with van der Waals surface area (Å²) >= 11 is 7.47. The summed E-state index contributed by atoms with van der Waals surface area (Å²) in [6.45, 7) is 10.7. The lowest BCUT2D eigenvalue weighted by atomic mass is 10.1. The van der Waals surface area contributed by atoms with E-state index in [4.69, 9.17) is 20.9 Å². The first-order valence-corrected chi connectivity index (χ1v) is 11.8. The zero-order valence-electron chi connectivity index (χ0n) is 18.4. The molecule has 8 heteroatoms. The molecule has 1 aliphatic heterocycles. The summed E-state index contributed by atoms with van der Waals surface area (Å²) in [5.74, 6) is 0.414. The maximum atomic E-state index is 13.1. The molecule has 166 valence electrons. The number of likely N-dealkylation sites (tertiary alicyclic amines) is 1. The van der Waals surface area contributed by atoms with E-state index in [-0.39, 0.29) is 12.1 Å². The number of nitrogens with zero attached hydrogens (tertiary/aromatic N) is 3. The Bertz CT molecular complexity index is 1060. The fourth-order valence-corrected chi connectivity index (χ4v) is 5.14. The first kappa shape index (κ1) is 22.1. The Labute approximate surface area is 191 Å². The second-order valence-corrected chi connectivity index (χ2v) is 10.1. The number of aryl methyl sites for hydroxylation is 2. The quantitative estimate of drug-likeness (QED) is 0.450. The molecule has 1 aliphatic rings. The number of hydrogen-bond donors (Lipinski definition) is 0. The van der Waals surface area contributed by atoms with Crippen LogP contribution in [0.2, 0.25) is 4.34 Å². The van der Waals surface area contributed by atoms with Crippen molar-refractivity contribution in [1.82, 2.24) is 14.6 Å². The van der Waals surface area contributed by atoms with Gasteiger partial charge in [-0.15, -0.1) is 11.3 Å². The molecule has 1 fully saturated rings. The highest BCUT2D eigenvalue weighted by atomic mass is 35.5. The standard InChI is InChI=1S/C23H28ClN3O3S/c1-14(2)26-9-7-18(8-10-26)29-23(28)22-15(3)11-16(4)27(22)13-17-12-19(30-25-17)20-5-6-21(24)31-20/h5-6,11-12,14,18H,7-10,13H2,1-4H3. The lowest BCUT2D eigenvalue weighted by Crippen LogP contribution is -2.41. The average Bonchev–Trinajstić information content (AvgIpc) is 3.42. The van der Waals surface area contributed by atoms with Gasteiger partial charge in [-0.05, 0) is 64.3 Å². The normalized spacial score (nSPS) is 15.7. The van der Waals surface area contributed by atoms with Gasteiger partial charge in [0.1, 0.15) is 17.5 Å². The molecule has 4 heterocycles. The largest absolute Gasteiger partial charge is 0.458 e. The number of esters is 1. The number of carbonyl (C=O) groups is 1. The smallest absolute Gasteiger partial charge is 0.355 e. The van der Waals surface area contributed by atoms with Gasteiger partial charge in [-0.1, -0.05) is 16.8 Å². The molecule has 0 unspecified atom stereocenters. The van der Waals surface area contributed by atoms with Crippen LogP contribution in [0.15, 0.2) is 28.8 Å². The van der Waals surface area contributed by atoms with E-state index in [1.54, 1.807) is 0 Å². The summed E-state index contributed by atoms with van der Waals surface area (Å²) in [6.07, 6.45) is 1.71. The number of aromatic nitrogens is 2. The molecule has 4 rings (SSSR count). The highest BCUT2D eigenvalue weighted by molar-refractivity contribution is 7.19. The summed E-state index contributed by atoms with van der Waals surface area (Å²) in [7, 11) is 0. The lowest BCUT2D eigenvalue weighted by molar-refractivity contribution is 0.00679. The van der Waals surface area contributed by atoms with Crippen molar-refractivity contribution in [3.8, 4) is 10.6 Å². The van der Waals surface area contributed by atoms with Crippen molar-refractivity contribution in [3.05, 3.63) is 51.2 Å². The first-order valence-electron chi connectivity index (χ1n) is 10.6. The summed E-state index contributed by atoms with van der Waals surface area (Å²) in [5, 5.41) is 4.20. The minimum Gasteiger partial charge on any atom is -0.458 e. The van der Waals surface area contributed by atoms with Crippen LogP contribution in [0.1, 0.15) is 54.1 Å². The molecule has 0 atom stereocenters. The Hall–Kier alpha value is -2.09. The topological polar surface area (TPSA) is 60.5 Å². The number of halogens is 1. The third-order valence-electron chi connectivity index (χ3n) is 5.86. The summed E-state index contributed by atoms with van der Waals surface area (Å²) in [5.41, 5.74) is 3.24. The van der Waals surface area contributed by atoms with Gasteiger partial charge in [0.2, 0.25) is 0 Å². The van der Waals surface area contributed by atoms with Gasteiger partial charge in [0.15, 0.2) is 5.76 Å². The monoisotopic (exact) mass is 461 g/mol. The Balaban J connectivity index is 1.48. The van der Waals surface area contributed by atoms with Crippen LogP contribution in [-0.4, -0.2) is 45.8 Å². The SMILES string of the molecule is Cc1cc(C)n(Cc2cc(-c3ccc(Cl)s3)on2)c1C(=O)OC1CCN(C(C)C)CC1. The number of rotatable bonds is 6. The second-order valence-electron chi connectivity index (χ2n) is 8.42. The van der Waals surface area contributed by atoms with Gasteiger partial charge in [-0.25, -0.2) is 4.79 Å². The third kappa shape index (κ3) is 4.89. The van der Waals surface area contributed by atoms with E-state index in [2.05, 4.69) is 23.9 Å². The van der Waals surface area contributed by atoms with Crippen LogP contribution in [0.3, 0.4) is 0 Å². The molecular formula is C23H28ClN3O3S. The molecule has 0 aromatic carbocycles. The average molecular weight is 462 g/mol. The van der Waals surface area contributed by atoms with Gasteiger partial charge in [0.25, 0.3) is 0 Å². The minimum absolute atomic E-state index is 0.0345. The van der Waals surface area contributed by atoms with Gasteiger partial charge < -0.3 is 18.7 Å². The Morgan fingerprint density at radius 2 is 2.03 bits per heavy atom. The molecule has 0 aliphatic carbocycles. The van der Waals surface area contributed by atoms with E-state index < -0.39 is 0 Å². The predicted molar refractivity (Wildman–Crippen MR) is 123 cm³/mol. The van der Waals surface area contributed by atoms with Gasteiger partial charge in [-0.2, -0.15) is 0 Å². The number of ether oxygens (including phenoxy) is 1. The maximum Gasteiger partial charge on any atom is 0.355 e. The number of carbonyl (C=O) groups excluding carboxylic acids is 1. The number of piperidine rings is 1. The zero-order valence-corrected chi connectivity index (χ0v) is 19.9. The van der Waals surface area contributed by atoms with Gasteiger partial charge >= 0.3 is 5.97 Å². The van der Waals surface area contributed by atoms with E-state index in [1.807, 2.05) is 42.7 Å².